The quantitative estimate of drug-likeness (QED) is 0.555. The second-order valence-electron chi connectivity index (χ2n) is 5.95. The Balaban J connectivity index is 1.36. The van der Waals surface area contributed by atoms with Crippen LogP contribution in [0.4, 0.5) is 0 Å². The average Bonchev–Trinajstić information content (AvgIpc) is 2.94. The number of likely N-dealkylation sites (tertiary alicyclic amines) is 2. The van der Waals surface area contributed by atoms with Crippen molar-refractivity contribution in [3.05, 3.63) is 0 Å². The summed E-state index contributed by atoms with van der Waals surface area (Å²) in [6.07, 6.45) is 3.00. The summed E-state index contributed by atoms with van der Waals surface area (Å²) in [5.74, 6) is 2.17. The smallest absolute Gasteiger partial charge is 0.222 e. The number of halogens is 1. The van der Waals surface area contributed by atoms with Crippen LogP contribution in [0.2, 0.25) is 0 Å². The van der Waals surface area contributed by atoms with Crippen LogP contribution in [0.1, 0.15) is 19.3 Å². The van der Waals surface area contributed by atoms with Crippen molar-refractivity contribution in [2.24, 2.45) is 11.8 Å². The monoisotopic (exact) mass is 363 g/mol. The van der Waals surface area contributed by atoms with Crippen molar-refractivity contribution in [2.45, 2.75) is 19.3 Å². The van der Waals surface area contributed by atoms with Gasteiger partial charge in [0.1, 0.15) is 0 Å². The third kappa shape index (κ3) is 2.82. The van der Waals surface area contributed by atoms with Crippen LogP contribution < -0.4 is 0 Å². The first-order chi connectivity index (χ1) is 8.72. The molecule has 18 heavy (non-hydrogen) atoms. The van der Waals surface area contributed by atoms with E-state index < -0.39 is 0 Å². The highest BCUT2D eigenvalue weighted by Gasteiger charge is 2.38. The van der Waals surface area contributed by atoms with Gasteiger partial charge in [0.15, 0.2) is 0 Å². The molecule has 2 atom stereocenters. The number of carbonyl (C=O) groups is 1. The highest BCUT2D eigenvalue weighted by molar-refractivity contribution is 14.1. The van der Waals surface area contributed by atoms with Gasteiger partial charge in [0.25, 0.3) is 0 Å². The zero-order chi connectivity index (χ0) is 12.5. The van der Waals surface area contributed by atoms with Crippen molar-refractivity contribution in [2.75, 3.05) is 45.8 Å². The zero-order valence-corrected chi connectivity index (χ0v) is 13.0. The molecule has 0 aliphatic carbocycles. The van der Waals surface area contributed by atoms with Gasteiger partial charge in [-0.25, -0.2) is 3.11 Å². The van der Waals surface area contributed by atoms with E-state index in [0.29, 0.717) is 5.91 Å². The van der Waals surface area contributed by atoms with Gasteiger partial charge in [-0.1, -0.05) is 0 Å². The molecule has 0 N–H and O–H groups in total. The lowest BCUT2D eigenvalue weighted by atomic mass is 10.0. The third-order valence-electron chi connectivity index (χ3n) is 4.59. The van der Waals surface area contributed by atoms with Crippen molar-refractivity contribution in [1.29, 1.82) is 0 Å². The van der Waals surface area contributed by atoms with Crippen LogP contribution in [-0.2, 0) is 4.79 Å². The van der Waals surface area contributed by atoms with E-state index in [1.807, 2.05) is 4.90 Å². The minimum absolute atomic E-state index is 0.369. The van der Waals surface area contributed by atoms with E-state index in [-0.39, 0.29) is 0 Å². The molecule has 3 heterocycles. The molecule has 0 radical (unpaired) electrons. The maximum absolute atomic E-state index is 11.5. The molecular weight excluding hydrogens is 341 g/mol. The van der Waals surface area contributed by atoms with Crippen LogP contribution in [0.3, 0.4) is 0 Å². The van der Waals surface area contributed by atoms with Gasteiger partial charge in [-0.05, 0) is 31.2 Å². The molecule has 0 aromatic heterocycles. The van der Waals surface area contributed by atoms with E-state index in [0.717, 1.165) is 44.2 Å². The highest BCUT2D eigenvalue weighted by Crippen LogP contribution is 2.32. The molecule has 0 spiro atoms. The number of hydrogen-bond acceptors (Lipinski definition) is 3. The number of carbonyl (C=O) groups excluding carboxylic acids is 1. The summed E-state index contributed by atoms with van der Waals surface area (Å²) in [5.41, 5.74) is 0. The molecule has 3 aliphatic heterocycles. The minimum Gasteiger partial charge on any atom is -0.343 e. The molecule has 3 saturated heterocycles. The van der Waals surface area contributed by atoms with E-state index >= 15 is 0 Å². The molecule has 1 amide bonds. The Kier molecular flexibility index (Phi) is 4.10. The third-order valence-corrected chi connectivity index (χ3v) is 5.38. The van der Waals surface area contributed by atoms with Crippen molar-refractivity contribution >= 4 is 28.8 Å². The molecule has 0 saturated carbocycles. The summed E-state index contributed by atoms with van der Waals surface area (Å²) in [6, 6.07) is 0. The van der Waals surface area contributed by atoms with Gasteiger partial charge in [0, 0.05) is 68.6 Å². The lowest BCUT2D eigenvalue weighted by molar-refractivity contribution is -0.127. The van der Waals surface area contributed by atoms with Crippen LogP contribution in [0.15, 0.2) is 0 Å². The first-order valence-electron chi connectivity index (χ1n) is 7.13. The maximum Gasteiger partial charge on any atom is 0.222 e. The first kappa shape index (κ1) is 13.1. The topological polar surface area (TPSA) is 26.8 Å². The number of hydrogen-bond donors (Lipinski definition) is 0. The molecule has 0 aromatic carbocycles. The lowest BCUT2D eigenvalue weighted by Crippen LogP contribution is -2.31. The first-order valence-corrected chi connectivity index (χ1v) is 8.10. The molecule has 5 heteroatoms. The van der Waals surface area contributed by atoms with Gasteiger partial charge in [0.05, 0.1) is 0 Å². The minimum atomic E-state index is 0.369. The number of rotatable bonds is 4. The average molecular weight is 363 g/mol. The largest absolute Gasteiger partial charge is 0.343 e. The van der Waals surface area contributed by atoms with E-state index in [1.54, 1.807) is 0 Å². The van der Waals surface area contributed by atoms with Crippen molar-refractivity contribution in [3.63, 3.8) is 0 Å². The molecule has 3 rings (SSSR count). The standard InChI is InChI=1S/C13H22IN3O/c14-17-9-11-7-15(8-12(11)10-17)4-2-6-16-5-1-3-13(16)18/h11-12H,1-10H2/t11-,12+. The van der Waals surface area contributed by atoms with Crippen LogP contribution in [0, 0.1) is 11.8 Å². The fraction of sp³-hybridized carbons (Fsp3) is 0.923. The van der Waals surface area contributed by atoms with Crippen LogP contribution in [-0.4, -0.2) is 64.6 Å². The molecule has 4 nitrogen and oxygen atoms in total. The SMILES string of the molecule is O=C1CCCN1CCCN1C[C@H]2CN(I)C[C@H]2C1. The van der Waals surface area contributed by atoms with Gasteiger partial charge in [-0.2, -0.15) is 0 Å². The molecular formula is C13H22IN3O. The highest BCUT2D eigenvalue weighted by atomic mass is 127. The van der Waals surface area contributed by atoms with E-state index in [1.165, 1.54) is 32.7 Å². The summed E-state index contributed by atoms with van der Waals surface area (Å²) >= 11 is 2.45. The predicted molar refractivity (Wildman–Crippen MR) is 79.4 cm³/mol. The normalized spacial score (nSPS) is 33.6. The summed E-state index contributed by atoms with van der Waals surface area (Å²) in [6.45, 7) is 8.24. The molecule has 3 fully saturated rings. The van der Waals surface area contributed by atoms with Crippen molar-refractivity contribution < 1.29 is 4.79 Å². The summed E-state index contributed by atoms with van der Waals surface area (Å²) in [5, 5.41) is 0. The Morgan fingerprint density at radius 3 is 2.44 bits per heavy atom. The second-order valence-corrected chi connectivity index (χ2v) is 7.31. The molecule has 0 aromatic rings. The second kappa shape index (κ2) is 5.63. The molecule has 0 bridgehead atoms. The van der Waals surface area contributed by atoms with Gasteiger partial charge < -0.3 is 9.80 Å². The van der Waals surface area contributed by atoms with Crippen molar-refractivity contribution in [1.82, 2.24) is 12.9 Å². The fourth-order valence-corrected chi connectivity index (χ4v) is 4.65. The van der Waals surface area contributed by atoms with Crippen LogP contribution >= 0.6 is 22.9 Å². The van der Waals surface area contributed by atoms with Gasteiger partial charge in [0.2, 0.25) is 5.91 Å². The van der Waals surface area contributed by atoms with Crippen LogP contribution in [0.5, 0.6) is 0 Å². The molecule has 0 unspecified atom stereocenters. The number of fused-ring (bicyclic) bond motifs is 1. The lowest BCUT2D eigenvalue weighted by Gasteiger charge is -2.20. The Morgan fingerprint density at radius 2 is 1.83 bits per heavy atom. The van der Waals surface area contributed by atoms with E-state index in [9.17, 15) is 4.79 Å². The van der Waals surface area contributed by atoms with Crippen LogP contribution in [0.25, 0.3) is 0 Å². The van der Waals surface area contributed by atoms with E-state index in [4.69, 9.17) is 0 Å². The Morgan fingerprint density at radius 1 is 1.11 bits per heavy atom. The number of nitrogens with zero attached hydrogens (tertiary/aromatic N) is 3. The van der Waals surface area contributed by atoms with Gasteiger partial charge >= 0.3 is 0 Å². The molecule has 3 aliphatic rings. The predicted octanol–water partition coefficient (Wildman–Crippen LogP) is 1.21. The van der Waals surface area contributed by atoms with E-state index in [2.05, 4.69) is 30.9 Å². The summed E-state index contributed by atoms with van der Waals surface area (Å²) in [4.78, 5) is 16.2. The Labute approximate surface area is 123 Å². The van der Waals surface area contributed by atoms with Gasteiger partial charge in [-0.3, -0.25) is 4.79 Å². The zero-order valence-electron chi connectivity index (χ0n) is 10.9. The fourth-order valence-electron chi connectivity index (χ4n) is 3.64. The Bertz CT molecular complexity index is 311. The Hall–Kier alpha value is 0.120. The van der Waals surface area contributed by atoms with Crippen molar-refractivity contribution in [3.8, 4) is 0 Å². The summed E-state index contributed by atoms with van der Waals surface area (Å²) < 4.78 is 2.44. The maximum atomic E-state index is 11.5. The number of amides is 1. The summed E-state index contributed by atoms with van der Waals surface area (Å²) in [7, 11) is 0. The molecule has 102 valence electrons. The van der Waals surface area contributed by atoms with Gasteiger partial charge in [-0.15, -0.1) is 0 Å².